The molecule has 1 aromatic heterocycles. The first kappa shape index (κ1) is 12.0. The van der Waals surface area contributed by atoms with E-state index in [1.165, 1.54) is 32.1 Å². The van der Waals surface area contributed by atoms with Gasteiger partial charge in [-0.2, -0.15) is 0 Å². The average Bonchev–Trinajstić information content (AvgIpc) is 2.90. The summed E-state index contributed by atoms with van der Waals surface area (Å²) >= 11 is 0. The number of hydrogen-bond donors (Lipinski definition) is 3. The molecule has 0 unspecified atom stereocenters. The maximum absolute atomic E-state index is 8.71. The molecule has 0 aliphatic heterocycles. The first-order valence-electron chi connectivity index (χ1n) is 6.75. The molecule has 100 valence electrons. The number of oxime groups is 1. The number of amidine groups is 1. The third-order valence-corrected chi connectivity index (χ3v) is 3.90. The van der Waals surface area contributed by atoms with Gasteiger partial charge in [0.1, 0.15) is 5.82 Å². The summed E-state index contributed by atoms with van der Waals surface area (Å²) in [6.07, 6.45) is 6.35. The molecule has 0 bridgehead atoms. The second-order valence-corrected chi connectivity index (χ2v) is 5.17. The van der Waals surface area contributed by atoms with Gasteiger partial charge < -0.3 is 15.9 Å². The van der Waals surface area contributed by atoms with Gasteiger partial charge in [-0.15, -0.1) is 0 Å². The van der Waals surface area contributed by atoms with Crippen LogP contribution in [0.4, 0.5) is 0 Å². The second-order valence-electron chi connectivity index (χ2n) is 5.17. The van der Waals surface area contributed by atoms with Gasteiger partial charge in [-0.25, -0.2) is 4.98 Å². The number of rotatable bonds is 2. The second kappa shape index (κ2) is 4.91. The normalized spacial score (nSPS) is 18.0. The van der Waals surface area contributed by atoms with Gasteiger partial charge in [0.15, 0.2) is 5.84 Å². The van der Waals surface area contributed by atoms with Crippen molar-refractivity contribution in [1.82, 2.24) is 9.97 Å². The van der Waals surface area contributed by atoms with Crippen molar-refractivity contribution in [2.75, 3.05) is 0 Å². The van der Waals surface area contributed by atoms with Crippen LogP contribution in [0.25, 0.3) is 11.0 Å². The maximum atomic E-state index is 8.71. The molecule has 1 heterocycles. The van der Waals surface area contributed by atoms with Crippen molar-refractivity contribution in [3.05, 3.63) is 29.6 Å². The van der Waals surface area contributed by atoms with Crippen LogP contribution < -0.4 is 5.73 Å². The minimum absolute atomic E-state index is 0.121. The molecule has 1 aromatic carbocycles. The summed E-state index contributed by atoms with van der Waals surface area (Å²) in [6.45, 7) is 0. The fourth-order valence-electron chi connectivity index (χ4n) is 2.82. The standard InChI is InChI=1S/C14H18N4O/c15-13(18-19)10-6-7-11-12(8-10)17-14(16-11)9-4-2-1-3-5-9/h6-9,19H,1-5H2,(H2,15,18)(H,16,17). The number of nitrogens with one attached hydrogen (secondary N) is 1. The molecule has 5 nitrogen and oxygen atoms in total. The summed E-state index contributed by atoms with van der Waals surface area (Å²) < 4.78 is 0. The summed E-state index contributed by atoms with van der Waals surface area (Å²) in [7, 11) is 0. The molecule has 1 saturated carbocycles. The van der Waals surface area contributed by atoms with E-state index in [9.17, 15) is 0 Å². The van der Waals surface area contributed by atoms with E-state index >= 15 is 0 Å². The molecule has 0 spiro atoms. The number of nitrogens with zero attached hydrogens (tertiary/aromatic N) is 2. The SMILES string of the molecule is N/C(=N\O)c1ccc2nc(C3CCCCC3)[nH]c2c1. The van der Waals surface area contributed by atoms with Gasteiger partial charge in [0.2, 0.25) is 0 Å². The topological polar surface area (TPSA) is 87.3 Å². The Morgan fingerprint density at radius 2 is 2.11 bits per heavy atom. The number of aromatic amines is 1. The van der Waals surface area contributed by atoms with Crippen LogP contribution in [0.1, 0.15) is 49.4 Å². The zero-order valence-electron chi connectivity index (χ0n) is 10.8. The van der Waals surface area contributed by atoms with Crippen molar-refractivity contribution < 1.29 is 5.21 Å². The Kier molecular flexibility index (Phi) is 3.11. The van der Waals surface area contributed by atoms with E-state index in [2.05, 4.69) is 15.1 Å². The predicted octanol–water partition coefficient (Wildman–Crippen LogP) is 2.71. The highest BCUT2D eigenvalue weighted by molar-refractivity contribution is 5.99. The van der Waals surface area contributed by atoms with Gasteiger partial charge in [0.25, 0.3) is 0 Å². The highest BCUT2D eigenvalue weighted by atomic mass is 16.4. The van der Waals surface area contributed by atoms with E-state index in [0.29, 0.717) is 11.5 Å². The van der Waals surface area contributed by atoms with Crippen LogP contribution in [-0.4, -0.2) is 21.0 Å². The highest BCUT2D eigenvalue weighted by Crippen LogP contribution is 2.32. The minimum atomic E-state index is 0.121. The van der Waals surface area contributed by atoms with Crippen LogP contribution in [0.5, 0.6) is 0 Å². The molecule has 4 N–H and O–H groups in total. The van der Waals surface area contributed by atoms with E-state index in [-0.39, 0.29) is 5.84 Å². The Labute approximate surface area is 111 Å². The number of H-pyrrole nitrogens is 1. The van der Waals surface area contributed by atoms with E-state index in [4.69, 9.17) is 10.9 Å². The first-order chi connectivity index (χ1) is 9.28. The van der Waals surface area contributed by atoms with Gasteiger partial charge in [-0.3, -0.25) is 0 Å². The van der Waals surface area contributed by atoms with Crippen LogP contribution in [0.2, 0.25) is 0 Å². The molecule has 3 rings (SSSR count). The summed E-state index contributed by atoms with van der Waals surface area (Å²) in [6, 6.07) is 5.61. The number of hydrogen-bond acceptors (Lipinski definition) is 3. The summed E-state index contributed by atoms with van der Waals surface area (Å²) in [5.41, 5.74) is 8.19. The van der Waals surface area contributed by atoms with Crippen molar-refractivity contribution in [3.8, 4) is 0 Å². The van der Waals surface area contributed by atoms with Gasteiger partial charge in [-0.05, 0) is 31.0 Å². The summed E-state index contributed by atoms with van der Waals surface area (Å²) in [5.74, 6) is 1.75. The van der Waals surface area contributed by atoms with Crippen molar-refractivity contribution in [2.45, 2.75) is 38.0 Å². The lowest BCUT2D eigenvalue weighted by Gasteiger charge is -2.18. The Bertz CT molecular complexity index is 611. The van der Waals surface area contributed by atoms with Crippen LogP contribution in [-0.2, 0) is 0 Å². The lowest BCUT2D eigenvalue weighted by atomic mass is 9.89. The number of aromatic nitrogens is 2. The zero-order chi connectivity index (χ0) is 13.2. The molecular weight excluding hydrogens is 240 g/mol. The molecule has 19 heavy (non-hydrogen) atoms. The number of fused-ring (bicyclic) bond motifs is 1. The largest absolute Gasteiger partial charge is 0.409 e. The Morgan fingerprint density at radius 3 is 2.84 bits per heavy atom. The lowest BCUT2D eigenvalue weighted by Crippen LogP contribution is -2.12. The highest BCUT2D eigenvalue weighted by Gasteiger charge is 2.18. The van der Waals surface area contributed by atoms with E-state index in [0.717, 1.165) is 16.9 Å². The number of benzene rings is 1. The van der Waals surface area contributed by atoms with Crippen LogP contribution in [0.3, 0.4) is 0 Å². The maximum Gasteiger partial charge on any atom is 0.170 e. The molecular formula is C14H18N4O. The summed E-state index contributed by atoms with van der Waals surface area (Å²) in [5, 5.41) is 11.7. The third kappa shape index (κ3) is 2.28. The van der Waals surface area contributed by atoms with E-state index in [1.54, 1.807) is 0 Å². The lowest BCUT2D eigenvalue weighted by molar-refractivity contribution is 0.318. The molecule has 2 aromatic rings. The smallest absolute Gasteiger partial charge is 0.170 e. The van der Waals surface area contributed by atoms with Crippen LogP contribution >= 0.6 is 0 Å². The molecule has 0 radical (unpaired) electrons. The fraction of sp³-hybridized carbons (Fsp3) is 0.429. The Balaban J connectivity index is 1.96. The van der Waals surface area contributed by atoms with Crippen molar-refractivity contribution in [1.29, 1.82) is 0 Å². The van der Waals surface area contributed by atoms with Gasteiger partial charge in [0, 0.05) is 11.5 Å². The minimum Gasteiger partial charge on any atom is -0.409 e. The Hall–Kier alpha value is -2.04. The van der Waals surface area contributed by atoms with Crippen molar-refractivity contribution >= 4 is 16.9 Å². The van der Waals surface area contributed by atoms with Gasteiger partial charge >= 0.3 is 0 Å². The fourth-order valence-corrected chi connectivity index (χ4v) is 2.82. The van der Waals surface area contributed by atoms with Crippen LogP contribution in [0, 0.1) is 0 Å². The molecule has 1 aliphatic rings. The Morgan fingerprint density at radius 1 is 1.32 bits per heavy atom. The summed E-state index contributed by atoms with van der Waals surface area (Å²) in [4.78, 5) is 8.05. The molecule has 5 heteroatoms. The van der Waals surface area contributed by atoms with Crippen molar-refractivity contribution in [3.63, 3.8) is 0 Å². The van der Waals surface area contributed by atoms with Crippen molar-refractivity contribution in [2.24, 2.45) is 10.9 Å². The average molecular weight is 258 g/mol. The predicted molar refractivity (Wildman–Crippen MR) is 74.4 cm³/mol. The first-order valence-corrected chi connectivity index (χ1v) is 6.75. The monoisotopic (exact) mass is 258 g/mol. The molecule has 0 amide bonds. The number of nitrogens with two attached hydrogens (primary N) is 1. The van der Waals surface area contributed by atoms with E-state index in [1.807, 2.05) is 18.2 Å². The van der Waals surface area contributed by atoms with Gasteiger partial charge in [-0.1, -0.05) is 24.4 Å². The third-order valence-electron chi connectivity index (χ3n) is 3.90. The molecule has 1 aliphatic carbocycles. The van der Waals surface area contributed by atoms with Crippen LogP contribution in [0.15, 0.2) is 23.4 Å². The van der Waals surface area contributed by atoms with E-state index < -0.39 is 0 Å². The van der Waals surface area contributed by atoms with Gasteiger partial charge in [0.05, 0.1) is 11.0 Å². The molecule has 0 atom stereocenters. The zero-order valence-corrected chi connectivity index (χ0v) is 10.8. The number of imidazole rings is 1. The quantitative estimate of drug-likeness (QED) is 0.335. The molecule has 0 saturated heterocycles. The molecule has 1 fully saturated rings.